The average Bonchev–Trinajstić information content (AvgIpc) is 3.02. The van der Waals surface area contributed by atoms with Gasteiger partial charge in [0.2, 0.25) is 0 Å². The first-order chi connectivity index (χ1) is 11.8. The lowest BCUT2D eigenvalue weighted by Gasteiger charge is -2.38. The molecule has 1 aliphatic carbocycles. The van der Waals surface area contributed by atoms with Crippen LogP contribution in [0.15, 0.2) is 24.3 Å². The number of anilines is 1. The second-order valence-corrected chi connectivity index (χ2v) is 8.02. The van der Waals surface area contributed by atoms with Gasteiger partial charge in [0.15, 0.2) is 0 Å². The Morgan fingerprint density at radius 2 is 1.79 bits per heavy atom. The molecular weight excluding hydrogens is 296 g/mol. The molecule has 1 aromatic carbocycles. The molecule has 0 aromatic heterocycles. The second kappa shape index (κ2) is 7.45. The van der Waals surface area contributed by atoms with Gasteiger partial charge in [0, 0.05) is 45.5 Å². The number of benzene rings is 1. The SMILES string of the molecule is CO[C@H]1CCN(CC2CCN(c3ccccc3C3CCC3)CC2)C1. The maximum Gasteiger partial charge on any atom is 0.0710 e. The van der Waals surface area contributed by atoms with Crippen LogP contribution in [0.2, 0.25) is 0 Å². The van der Waals surface area contributed by atoms with Crippen molar-refractivity contribution in [3.05, 3.63) is 29.8 Å². The van der Waals surface area contributed by atoms with Crippen molar-refractivity contribution in [2.75, 3.05) is 44.7 Å². The molecule has 0 bridgehead atoms. The summed E-state index contributed by atoms with van der Waals surface area (Å²) in [5.74, 6) is 1.70. The third kappa shape index (κ3) is 3.48. The first kappa shape index (κ1) is 16.4. The molecule has 0 amide bonds. The highest BCUT2D eigenvalue weighted by molar-refractivity contribution is 5.56. The normalized spacial score (nSPS) is 26.7. The monoisotopic (exact) mass is 328 g/mol. The fourth-order valence-electron chi connectivity index (χ4n) is 4.72. The molecule has 0 N–H and O–H groups in total. The highest BCUT2D eigenvalue weighted by Gasteiger charge is 2.28. The predicted octanol–water partition coefficient (Wildman–Crippen LogP) is 3.89. The Morgan fingerprint density at radius 1 is 1.00 bits per heavy atom. The quantitative estimate of drug-likeness (QED) is 0.815. The van der Waals surface area contributed by atoms with E-state index in [9.17, 15) is 0 Å². The summed E-state index contributed by atoms with van der Waals surface area (Å²) in [5.41, 5.74) is 3.14. The Hall–Kier alpha value is -1.06. The number of nitrogens with zero attached hydrogens (tertiary/aromatic N) is 2. The first-order valence-electron chi connectivity index (χ1n) is 9.92. The van der Waals surface area contributed by atoms with E-state index in [-0.39, 0.29) is 0 Å². The number of hydrogen-bond acceptors (Lipinski definition) is 3. The summed E-state index contributed by atoms with van der Waals surface area (Å²) in [5, 5.41) is 0. The van der Waals surface area contributed by atoms with Gasteiger partial charge in [-0.3, -0.25) is 0 Å². The van der Waals surface area contributed by atoms with Gasteiger partial charge in [0.25, 0.3) is 0 Å². The van der Waals surface area contributed by atoms with Crippen molar-refractivity contribution in [1.29, 1.82) is 0 Å². The van der Waals surface area contributed by atoms with Crippen LogP contribution in [-0.2, 0) is 4.74 Å². The van der Waals surface area contributed by atoms with Crippen molar-refractivity contribution in [2.24, 2.45) is 5.92 Å². The van der Waals surface area contributed by atoms with Crippen molar-refractivity contribution in [3.8, 4) is 0 Å². The third-order valence-electron chi connectivity index (χ3n) is 6.52. The minimum absolute atomic E-state index is 0.472. The summed E-state index contributed by atoms with van der Waals surface area (Å²) in [4.78, 5) is 5.28. The van der Waals surface area contributed by atoms with Gasteiger partial charge in [-0.05, 0) is 55.6 Å². The van der Waals surface area contributed by atoms with Crippen LogP contribution >= 0.6 is 0 Å². The van der Waals surface area contributed by atoms with Gasteiger partial charge in [-0.2, -0.15) is 0 Å². The number of rotatable bonds is 5. The minimum Gasteiger partial charge on any atom is -0.380 e. The Morgan fingerprint density at radius 3 is 2.46 bits per heavy atom. The maximum absolute atomic E-state index is 5.51. The molecule has 2 aliphatic heterocycles. The van der Waals surface area contributed by atoms with E-state index in [1.165, 1.54) is 70.4 Å². The molecule has 24 heavy (non-hydrogen) atoms. The van der Waals surface area contributed by atoms with Gasteiger partial charge in [-0.25, -0.2) is 0 Å². The number of hydrogen-bond donors (Lipinski definition) is 0. The fraction of sp³-hybridized carbons (Fsp3) is 0.714. The topological polar surface area (TPSA) is 15.7 Å². The molecule has 2 saturated heterocycles. The Bertz CT molecular complexity index is 534. The van der Waals surface area contributed by atoms with Crippen molar-refractivity contribution >= 4 is 5.69 Å². The standard InChI is InChI=1S/C21H32N2O/c1-24-19-11-12-22(16-19)15-17-9-13-23(14-10-17)21-8-3-2-7-20(21)18-5-4-6-18/h2-3,7-8,17-19H,4-6,9-16H2,1H3/t19-/m0/s1. The van der Waals surface area contributed by atoms with Crippen molar-refractivity contribution in [1.82, 2.24) is 4.90 Å². The van der Waals surface area contributed by atoms with Crippen LogP contribution in [-0.4, -0.2) is 50.8 Å². The average molecular weight is 329 g/mol. The van der Waals surface area contributed by atoms with E-state index in [0.717, 1.165) is 18.4 Å². The molecule has 3 heteroatoms. The lowest BCUT2D eigenvalue weighted by molar-refractivity contribution is 0.105. The number of para-hydroxylation sites is 1. The van der Waals surface area contributed by atoms with Crippen molar-refractivity contribution < 1.29 is 4.74 Å². The highest BCUT2D eigenvalue weighted by atomic mass is 16.5. The van der Waals surface area contributed by atoms with E-state index >= 15 is 0 Å². The largest absolute Gasteiger partial charge is 0.380 e. The number of piperidine rings is 1. The summed E-state index contributed by atoms with van der Waals surface area (Å²) >= 11 is 0. The lowest BCUT2D eigenvalue weighted by atomic mass is 9.79. The van der Waals surface area contributed by atoms with E-state index in [4.69, 9.17) is 4.74 Å². The molecule has 0 spiro atoms. The van der Waals surface area contributed by atoms with E-state index in [1.54, 1.807) is 5.56 Å². The first-order valence-corrected chi connectivity index (χ1v) is 9.92. The Balaban J connectivity index is 1.32. The van der Waals surface area contributed by atoms with Crippen LogP contribution < -0.4 is 4.90 Å². The van der Waals surface area contributed by atoms with Gasteiger partial charge in [0.05, 0.1) is 6.10 Å². The van der Waals surface area contributed by atoms with Crippen LogP contribution in [0.3, 0.4) is 0 Å². The Kier molecular flexibility index (Phi) is 5.09. The van der Waals surface area contributed by atoms with Crippen LogP contribution in [0.1, 0.15) is 50.0 Å². The molecule has 0 radical (unpaired) electrons. The summed E-state index contributed by atoms with van der Waals surface area (Å²) in [6.07, 6.45) is 8.56. The van der Waals surface area contributed by atoms with E-state index in [2.05, 4.69) is 34.1 Å². The van der Waals surface area contributed by atoms with Gasteiger partial charge in [0.1, 0.15) is 0 Å². The summed E-state index contributed by atoms with van der Waals surface area (Å²) in [6.45, 7) is 6.11. The maximum atomic E-state index is 5.51. The number of likely N-dealkylation sites (tertiary alicyclic amines) is 1. The zero-order chi connectivity index (χ0) is 16.4. The van der Waals surface area contributed by atoms with Crippen molar-refractivity contribution in [3.63, 3.8) is 0 Å². The van der Waals surface area contributed by atoms with Crippen LogP contribution in [0.25, 0.3) is 0 Å². The highest BCUT2D eigenvalue weighted by Crippen LogP contribution is 2.41. The van der Waals surface area contributed by atoms with Crippen molar-refractivity contribution in [2.45, 2.75) is 50.5 Å². The van der Waals surface area contributed by atoms with Crippen LogP contribution in [0.5, 0.6) is 0 Å². The molecular formula is C21H32N2O. The van der Waals surface area contributed by atoms with Gasteiger partial charge < -0.3 is 14.5 Å². The molecule has 132 valence electrons. The summed E-state index contributed by atoms with van der Waals surface area (Å²) in [6, 6.07) is 9.18. The van der Waals surface area contributed by atoms with E-state index in [1.807, 2.05) is 7.11 Å². The second-order valence-electron chi connectivity index (χ2n) is 8.02. The number of ether oxygens (including phenoxy) is 1. The molecule has 2 heterocycles. The van der Waals surface area contributed by atoms with Gasteiger partial charge >= 0.3 is 0 Å². The molecule has 4 rings (SSSR count). The fourth-order valence-corrected chi connectivity index (χ4v) is 4.72. The van der Waals surface area contributed by atoms with Gasteiger partial charge in [-0.15, -0.1) is 0 Å². The van der Waals surface area contributed by atoms with Gasteiger partial charge in [-0.1, -0.05) is 24.6 Å². The number of methoxy groups -OCH3 is 1. The zero-order valence-corrected chi connectivity index (χ0v) is 15.1. The summed E-state index contributed by atoms with van der Waals surface area (Å²) in [7, 11) is 1.85. The van der Waals surface area contributed by atoms with Crippen LogP contribution in [0, 0.1) is 5.92 Å². The molecule has 1 aromatic rings. The predicted molar refractivity (Wildman–Crippen MR) is 99.8 cm³/mol. The molecule has 3 fully saturated rings. The smallest absolute Gasteiger partial charge is 0.0710 e. The lowest BCUT2D eigenvalue weighted by Crippen LogP contribution is -2.39. The zero-order valence-electron chi connectivity index (χ0n) is 15.1. The third-order valence-corrected chi connectivity index (χ3v) is 6.52. The summed E-state index contributed by atoms with van der Waals surface area (Å²) < 4.78 is 5.51. The molecule has 3 aliphatic rings. The molecule has 1 saturated carbocycles. The molecule has 3 nitrogen and oxygen atoms in total. The van der Waals surface area contributed by atoms with E-state index < -0.39 is 0 Å². The molecule has 0 unspecified atom stereocenters. The minimum atomic E-state index is 0.472. The van der Waals surface area contributed by atoms with Crippen LogP contribution in [0.4, 0.5) is 5.69 Å². The van der Waals surface area contributed by atoms with E-state index in [0.29, 0.717) is 6.10 Å². The molecule has 1 atom stereocenters. The Labute approximate surface area is 147 Å².